The molecule has 1 N–H and O–H groups in total. The minimum Gasteiger partial charge on any atom is -0.271 e. The molecular formula is C19H12N6O2S. The lowest BCUT2D eigenvalue weighted by Gasteiger charge is -2.01. The van der Waals surface area contributed by atoms with Crippen molar-refractivity contribution in [3.05, 3.63) is 86.8 Å². The van der Waals surface area contributed by atoms with E-state index in [4.69, 9.17) is 5.10 Å². The summed E-state index contributed by atoms with van der Waals surface area (Å²) in [5.41, 5.74) is 2.45. The minimum atomic E-state index is -0.713. The van der Waals surface area contributed by atoms with E-state index in [1.54, 1.807) is 4.68 Å². The number of nitrogens with one attached hydrogen (secondary N) is 1. The number of aromatic nitrogens is 6. The molecule has 28 heavy (non-hydrogen) atoms. The summed E-state index contributed by atoms with van der Waals surface area (Å²) < 4.78 is 2.56. The van der Waals surface area contributed by atoms with E-state index in [0.717, 1.165) is 22.6 Å². The summed E-state index contributed by atoms with van der Waals surface area (Å²) in [6.45, 7) is 0. The van der Waals surface area contributed by atoms with Gasteiger partial charge in [0.05, 0.1) is 11.3 Å². The van der Waals surface area contributed by atoms with Gasteiger partial charge in [-0.15, -0.1) is 10.2 Å². The van der Waals surface area contributed by atoms with Crippen molar-refractivity contribution in [2.24, 2.45) is 0 Å². The molecule has 3 aromatic heterocycles. The van der Waals surface area contributed by atoms with Gasteiger partial charge < -0.3 is 0 Å². The topological polar surface area (TPSA) is 97.9 Å². The van der Waals surface area contributed by atoms with E-state index in [1.807, 2.05) is 66.9 Å². The van der Waals surface area contributed by atoms with Crippen LogP contribution in [0.25, 0.3) is 33.3 Å². The Morgan fingerprint density at radius 1 is 0.893 bits per heavy atom. The van der Waals surface area contributed by atoms with Crippen LogP contribution in [0.15, 0.2) is 76.4 Å². The predicted octanol–water partition coefficient (Wildman–Crippen LogP) is 2.36. The van der Waals surface area contributed by atoms with Crippen LogP contribution in [0, 0.1) is 0 Å². The minimum absolute atomic E-state index is 0.311. The van der Waals surface area contributed by atoms with E-state index in [2.05, 4.69) is 15.3 Å². The van der Waals surface area contributed by atoms with Gasteiger partial charge in [-0.1, -0.05) is 48.5 Å². The second-order valence-corrected chi connectivity index (χ2v) is 6.95. The molecular weight excluding hydrogens is 376 g/mol. The molecule has 0 unspecified atom stereocenters. The number of H-pyrrole nitrogens is 1. The Bertz CT molecular complexity index is 1400. The molecule has 136 valence electrons. The van der Waals surface area contributed by atoms with Crippen molar-refractivity contribution < 1.29 is 0 Å². The van der Waals surface area contributed by atoms with Crippen LogP contribution in [0.5, 0.6) is 0 Å². The van der Waals surface area contributed by atoms with E-state index in [0.29, 0.717) is 22.0 Å². The van der Waals surface area contributed by atoms with Gasteiger partial charge in [-0.05, 0) is 23.5 Å². The van der Waals surface area contributed by atoms with Crippen LogP contribution in [0.2, 0.25) is 0 Å². The number of rotatable bonds is 3. The van der Waals surface area contributed by atoms with Crippen molar-refractivity contribution >= 4 is 16.3 Å². The van der Waals surface area contributed by atoms with Crippen molar-refractivity contribution in [3.63, 3.8) is 0 Å². The van der Waals surface area contributed by atoms with Gasteiger partial charge in [-0.25, -0.2) is 9.20 Å². The van der Waals surface area contributed by atoms with E-state index >= 15 is 0 Å². The molecule has 0 spiro atoms. The average Bonchev–Trinajstić information content (AvgIpc) is 3.34. The zero-order valence-electron chi connectivity index (χ0n) is 14.3. The van der Waals surface area contributed by atoms with E-state index in [-0.39, 0.29) is 0 Å². The second-order valence-electron chi connectivity index (χ2n) is 6.01. The standard InChI is InChI=1S/C19H12N6O2S/c26-17-18(27)28-19-21-20-16(25(19)23-17)14-11-24(13-9-5-2-6-10-13)22-15(14)12-7-3-1-4-8-12/h1-11H,(H,23,26). The first kappa shape index (κ1) is 16.3. The average molecular weight is 388 g/mol. The third-order valence-electron chi connectivity index (χ3n) is 4.24. The van der Waals surface area contributed by atoms with Crippen molar-refractivity contribution in [3.8, 4) is 28.3 Å². The van der Waals surface area contributed by atoms with Gasteiger partial charge in [0.2, 0.25) is 4.96 Å². The maximum Gasteiger partial charge on any atom is 0.321 e. The summed E-state index contributed by atoms with van der Waals surface area (Å²) in [5, 5.41) is 15.5. The van der Waals surface area contributed by atoms with Crippen molar-refractivity contribution in [1.29, 1.82) is 0 Å². The molecule has 3 heterocycles. The molecule has 0 atom stereocenters. The van der Waals surface area contributed by atoms with Crippen LogP contribution in [0.4, 0.5) is 0 Å². The fourth-order valence-electron chi connectivity index (χ4n) is 2.95. The first-order chi connectivity index (χ1) is 13.7. The molecule has 2 aromatic carbocycles. The van der Waals surface area contributed by atoms with E-state index < -0.39 is 10.3 Å². The molecule has 0 aliphatic rings. The molecule has 0 amide bonds. The third-order valence-corrected chi connectivity index (χ3v) is 5.06. The summed E-state index contributed by atoms with van der Waals surface area (Å²) in [5.74, 6) is 0.407. The number of hydrogen-bond donors (Lipinski definition) is 1. The second kappa shape index (κ2) is 6.39. The van der Waals surface area contributed by atoms with Crippen molar-refractivity contribution in [2.45, 2.75) is 0 Å². The molecule has 5 aromatic rings. The molecule has 8 nitrogen and oxygen atoms in total. The van der Waals surface area contributed by atoms with Gasteiger partial charge in [-0.3, -0.25) is 14.7 Å². The fraction of sp³-hybridized carbons (Fsp3) is 0. The van der Waals surface area contributed by atoms with Crippen LogP contribution in [0.3, 0.4) is 0 Å². The van der Waals surface area contributed by atoms with Crippen LogP contribution in [-0.2, 0) is 0 Å². The molecule has 0 radical (unpaired) electrons. The quantitative estimate of drug-likeness (QED) is 0.479. The highest BCUT2D eigenvalue weighted by Gasteiger charge is 2.20. The SMILES string of the molecule is O=c1[nH]n2c(-c3cn(-c4ccccc4)nc3-c3ccccc3)nnc2sc1=O. The predicted molar refractivity (Wildman–Crippen MR) is 106 cm³/mol. The number of benzene rings is 2. The molecule has 0 aliphatic heterocycles. The number of aromatic amines is 1. The zero-order chi connectivity index (χ0) is 19.1. The van der Waals surface area contributed by atoms with Gasteiger partial charge in [0.25, 0.3) is 0 Å². The van der Waals surface area contributed by atoms with E-state index in [9.17, 15) is 9.59 Å². The highest BCUT2D eigenvalue weighted by molar-refractivity contribution is 7.14. The molecule has 5 rings (SSSR count). The Morgan fingerprint density at radius 3 is 2.36 bits per heavy atom. The Labute approximate surface area is 161 Å². The molecule has 0 fully saturated rings. The largest absolute Gasteiger partial charge is 0.321 e. The van der Waals surface area contributed by atoms with Gasteiger partial charge in [0, 0.05) is 11.8 Å². The molecule has 0 saturated carbocycles. The van der Waals surface area contributed by atoms with E-state index in [1.165, 1.54) is 4.52 Å². The van der Waals surface area contributed by atoms with Crippen LogP contribution >= 0.6 is 11.3 Å². The van der Waals surface area contributed by atoms with Crippen LogP contribution in [-0.4, -0.2) is 29.6 Å². The molecule has 0 saturated heterocycles. The lowest BCUT2D eigenvalue weighted by molar-refractivity contribution is 0.883. The highest BCUT2D eigenvalue weighted by atomic mass is 32.1. The fourth-order valence-corrected chi connectivity index (χ4v) is 3.56. The highest BCUT2D eigenvalue weighted by Crippen LogP contribution is 2.31. The van der Waals surface area contributed by atoms with Gasteiger partial charge in [-0.2, -0.15) is 5.10 Å². The smallest absolute Gasteiger partial charge is 0.271 e. The molecule has 0 aliphatic carbocycles. The number of para-hydroxylation sites is 1. The van der Waals surface area contributed by atoms with Crippen LogP contribution < -0.4 is 10.3 Å². The van der Waals surface area contributed by atoms with Gasteiger partial charge in [0.15, 0.2) is 5.82 Å². The Balaban J connectivity index is 1.79. The molecule has 0 bridgehead atoms. The lowest BCUT2D eigenvalue weighted by atomic mass is 10.1. The summed E-state index contributed by atoms with van der Waals surface area (Å²) in [6.07, 6.45) is 1.84. The lowest BCUT2D eigenvalue weighted by Crippen LogP contribution is -2.26. The maximum absolute atomic E-state index is 11.8. The first-order valence-corrected chi connectivity index (χ1v) is 9.22. The summed E-state index contributed by atoms with van der Waals surface area (Å²) in [7, 11) is 0. The Kier molecular flexibility index (Phi) is 3.73. The maximum atomic E-state index is 11.8. The molecule has 9 heteroatoms. The summed E-state index contributed by atoms with van der Waals surface area (Å²) in [4.78, 5) is 23.8. The summed E-state index contributed by atoms with van der Waals surface area (Å²) >= 11 is 0.752. The van der Waals surface area contributed by atoms with Crippen LogP contribution in [0.1, 0.15) is 0 Å². The first-order valence-electron chi connectivity index (χ1n) is 8.40. The third kappa shape index (κ3) is 2.65. The number of hydrogen-bond acceptors (Lipinski definition) is 6. The van der Waals surface area contributed by atoms with Crippen molar-refractivity contribution in [1.82, 2.24) is 29.6 Å². The van der Waals surface area contributed by atoms with Gasteiger partial charge in [0.1, 0.15) is 5.69 Å². The monoisotopic (exact) mass is 388 g/mol. The van der Waals surface area contributed by atoms with Crippen molar-refractivity contribution in [2.75, 3.05) is 0 Å². The number of nitrogens with zero attached hydrogens (tertiary/aromatic N) is 5. The zero-order valence-corrected chi connectivity index (χ0v) is 15.1. The Morgan fingerprint density at radius 2 is 1.61 bits per heavy atom. The Hall–Kier alpha value is -3.85. The summed E-state index contributed by atoms with van der Waals surface area (Å²) in [6, 6.07) is 19.4. The normalized spacial score (nSPS) is 11.1. The van der Waals surface area contributed by atoms with Gasteiger partial charge >= 0.3 is 10.3 Å². The number of fused-ring (bicyclic) bond motifs is 1.